The minimum Gasteiger partial charge on any atom is -0.396 e. The van der Waals surface area contributed by atoms with Crippen molar-refractivity contribution in [2.75, 3.05) is 26.2 Å². The molecule has 4 heteroatoms. The second-order valence-corrected chi connectivity index (χ2v) is 4.08. The zero-order chi connectivity index (χ0) is 9.26. The van der Waals surface area contributed by atoms with Crippen molar-refractivity contribution in [2.24, 2.45) is 5.92 Å². The summed E-state index contributed by atoms with van der Waals surface area (Å²) in [4.78, 5) is 13.3. The molecule has 13 heavy (non-hydrogen) atoms. The number of aliphatic hydroxyl groups excluding tert-OH is 1. The molecule has 0 spiro atoms. The van der Waals surface area contributed by atoms with Gasteiger partial charge in [0.2, 0.25) is 5.91 Å². The third kappa shape index (κ3) is 2.42. The highest BCUT2D eigenvalue weighted by Gasteiger charge is 2.29. The van der Waals surface area contributed by atoms with Gasteiger partial charge in [-0.15, -0.1) is 0 Å². The SMILES string of the molecule is O=C(CN1CC(CO)C1)NC1CC1. The Morgan fingerprint density at radius 1 is 1.46 bits per heavy atom. The molecular weight excluding hydrogens is 168 g/mol. The molecule has 0 aromatic carbocycles. The minimum absolute atomic E-state index is 0.138. The largest absolute Gasteiger partial charge is 0.396 e. The number of hydrogen-bond donors (Lipinski definition) is 2. The highest BCUT2D eigenvalue weighted by molar-refractivity contribution is 5.78. The van der Waals surface area contributed by atoms with Crippen LogP contribution in [0.25, 0.3) is 0 Å². The second kappa shape index (κ2) is 3.64. The topological polar surface area (TPSA) is 52.6 Å². The van der Waals surface area contributed by atoms with Gasteiger partial charge in [0.05, 0.1) is 6.54 Å². The van der Waals surface area contributed by atoms with Gasteiger partial charge in [-0.3, -0.25) is 9.69 Å². The van der Waals surface area contributed by atoms with Crippen molar-refractivity contribution < 1.29 is 9.90 Å². The number of amides is 1. The molecule has 2 fully saturated rings. The maximum absolute atomic E-state index is 11.3. The molecule has 4 nitrogen and oxygen atoms in total. The highest BCUT2D eigenvalue weighted by atomic mass is 16.3. The molecule has 1 amide bonds. The van der Waals surface area contributed by atoms with Crippen LogP contribution >= 0.6 is 0 Å². The standard InChI is InChI=1S/C9H16N2O2/c12-6-7-3-11(4-7)5-9(13)10-8-1-2-8/h7-8,12H,1-6H2,(H,10,13). The number of aliphatic hydroxyl groups is 1. The van der Waals surface area contributed by atoms with E-state index < -0.39 is 0 Å². The second-order valence-electron chi connectivity index (χ2n) is 4.08. The predicted molar refractivity (Wildman–Crippen MR) is 48.2 cm³/mol. The van der Waals surface area contributed by atoms with Gasteiger partial charge in [-0.2, -0.15) is 0 Å². The van der Waals surface area contributed by atoms with E-state index in [1.54, 1.807) is 0 Å². The zero-order valence-corrected chi connectivity index (χ0v) is 7.70. The summed E-state index contributed by atoms with van der Waals surface area (Å²) in [6.07, 6.45) is 2.29. The van der Waals surface area contributed by atoms with Gasteiger partial charge in [0, 0.05) is 31.7 Å². The maximum Gasteiger partial charge on any atom is 0.234 e. The van der Waals surface area contributed by atoms with Crippen molar-refractivity contribution in [1.82, 2.24) is 10.2 Å². The number of carbonyl (C=O) groups excluding carboxylic acids is 1. The number of likely N-dealkylation sites (tertiary alicyclic amines) is 1. The van der Waals surface area contributed by atoms with E-state index in [9.17, 15) is 4.79 Å². The molecule has 1 saturated carbocycles. The summed E-state index contributed by atoms with van der Waals surface area (Å²) in [5.74, 6) is 0.535. The lowest BCUT2D eigenvalue weighted by molar-refractivity contribution is -0.124. The van der Waals surface area contributed by atoms with Crippen LogP contribution in [0.2, 0.25) is 0 Å². The third-order valence-electron chi connectivity index (χ3n) is 2.60. The lowest BCUT2D eigenvalue weighted by Crippen LogP contribution is -2.52. The molecule has 1 aliphatic carbocycles. The van der Waals surface area contributed by atoms with Crippen molar-refractivity contribution in [3.8, 4) is 0 Å². The first-order valence-electron chi connectivity index (χ1n) is 4.90. The molecule has 2 rings (SSSR count). The Labute approximate surface area is 77.9 Å². The van der Waals surface area contributed by atoms with Crippen LogP contribution in [-0.4, -0.2) is 48.2 Å². The van der Waals surface area contributed by atoms with Crippen molar-refractivity contribution >= 4 is 5.91 Å². The molecule has 0 atom stereocenters. The van der Waals surface area contributed by atoms with Gasteiger partial charge in [-0.25, -0.2) is 0 Å². The number of rotatable bonds is 4. The molecule has 1 heterocycles. The predicted octanol–water partition coefficient (Wildman–Crippen LogP) is -0.811. The Morgan fingerprint density at radius 3 is 2.69 bits per heavy atom. The average molecular weight is 184 g/mol. The number of nitrogens with one attached hydrogen (secondary N) is 1. The van der Waals surface area contributed by atoms with Crippen LogP contribution in [0.15, 0.2) is 0 Å². The fraction of sp³-hybridized carbons (Fsp3) is 0.889. The summed E-state index contributed by atoms with van der Waals surface area (Å²) in [6.45, 7) is 2.50. The molecule has 0 aromatic heterocycles. The molecule has 0 aromatic rings. The summed E-state index contributed by atoms with van der Waals surface area (Å²) in [6, 6.07) is 0.461. The summed E-state index contributed by atoms with van der Waals surface area (Å²) >= 11 is 0. The normalized spacial score (nSPS) is 24.1. The number of carbonyl (C=O) groups is 1. The Balaban J connectivity index is 1.59. The Kier molecular flexibility index (Phi) is 2.51. The molecule has 0 unspecified atom stereocenters. The molecule has 0 bridgehead atoms. The van der Waals surface area contributed by atoms with E-state index in [0.717, 1.165) is 25.9 Å². The van der Waals surface area contributed by atoms with E-state index in [4.69, 9.17) is 5.11 Å². The van der Waals surface area contributed by atoms with Crippen molar-refractivity contribution in [2.45, 2.75) is 18.9 Å². The van der Waals surface area contributed by atoms with Crippen LogP contribution in [0.3, 0.4) is 0 Å². The van der Waals surface area contributed by atoms with Crippen molar-refractivity contribution in [1.29, 1.82) is 0 Å². The van der Waals surface area contributed by atoms with Crippen LogP contribution in [0.1, 0.15) is 12.8 Å². The molecule has 1 aliphatic heterocycles. The van der Waals surface area contributed by atoms with Gasteiger partial charge in [-0.05, 0) is 12.8 Å². The van der Waals surface area contributed by atoms with Crippen LogP contribution < -0.4 is 5.32 Å². The van der Waals surface area contributed by atoms with Gasteiger partial charge in [-0.1, -0.05) is 0 Å². The Hall–Kier alpha value is -0.610. The zero-order valence-electron chi connectivity index (χ0n) is 7.70. The van der Waals surface area contributed by atoms with E-state index in [1.165, 1.54) is 0 Å². The Bertz CT molecular complexity index is 198. The summed E-state index contributed by atoms with van der Waals surface area (Å²) in [7, 11) is 0. The summed E-state index contributed by atoms with van der Waals surface area (Å²) < 4.78 is 0. The van der Waals surface area contributed by atoms with Gasteiger partial charge in [0.1, 0.15) is 0 Å². The Morgan fingerprint density at radius 2 is 2.15 bits per heavy atom. The first-order valence-corrected chi connectivity index (χ1v) is 4.90. The van der Waals surface area contributed by atoms with Gasteiger partial charge in [0.25, 0.3) is 0 Å². The van der Waals surface area contributed by atoms with Gasteiger partial charge < -0.3 is 10.4 Å². The van der Waals surface area contributed by atoms with Crippen LogP contribution in [0.5, 0.6) is 0 Å². The number of hydrogen-bond acceptors (Lipinski definition) is 3. The van der Waals surface area contributed by atoms with E-state index in [2.05, 4.69) is 10.2 Å². The smallest absolute Gasteiger partial charge is 0.234 e. The quantitative estimate of drug-likeness (QED) is 0.601. The van der Waals surface area contributed by atoms with Gasteiger partial charge >= 0.3 is 0 Å². The molecule has 2 N–H and O–H groups in total. The van der Waals surface area contributed by atoms with Gasteiger partial charge in [0.15, 0.2) is 0 Å². The molecule has 1 saturated heterocycles. The minimum atomic E-state index is 0.138. The fourth-order valence-corrected chi connectivity index (χ4v) is 1.63. The third-order valence-corrected chi connectivity index (χ3v) is 2.60. The lowest BCUT2D eigenvalue weighted by atomic mass is 10.0. The van der Waals surface area contributed by atoms with Crippen LogP contribution in [0.4, 0.5) is 0 Å². The first kappa shape index (κ1) is 8.97. The lowest BCUT2D eigenvalue weighted by Gasteiger charge is -2.37. The van der Waals surface area contributed by atoms with Crippen LogP contribution in [0, 0.1) is 5.92 Å². The van der Waals surface area contributed by atoms with E-state index in [-0.39, 0.29) is 12.5 Å². The van der Waals surface area contributed by atoms with E-state index in [1.807, 2.05) is 0 Å². The molecule has 2 aliphatic rings. The van der Waals surface area contributed by atoms with Crippen molar-refractivity contribution in [3.63, 3.8) is 0 Å². The monoisotopic (exact) mass is 184 g/mol. The summed E-state index contributed by atoms with van der Waals surface area (Å²) in [5.41, 5.74) is 0. The molecule has 0 radical (unpaired) electrons. The fourth-order valence-electron chi connectivity index (χ4n) is 1.63. The van der Waals surface area contributed by atoms with Crippen LogP contribution in [-0.2, 0) is 4.79 Å². The van der Waals surface area contributed by atoms with E-state index >= 15 is 0 Å². The first-order chi connectivity index (χ1) is 6.28. The molecule has 74 valence electrons. The van der Waals surface area contributed by atoms with E-state index in [0.29, 0.717) is 18.5 Å². The maximum atomic E-state index is 11.3. The number of nitrogens with zero attached hydrogens (tertiary/aromatic N) is 1. The molecular formula is C9H16N2O2. The highest BCUT2D eigenvalue weighted by Crippen LogP contribution is 2.19. The average Bonchev–Trinajstić information content (AvgIpc) is 2.79. The van der Waals surface area contributed by atoms with Crippen molar-refractivity contribution in [3.05, 3.63) is 0 Å². The summed E-state index contributed by atoms with van der Waals surface area (Å²) in [5, 5.41) is 11.7.